The summed E-state index contributed by atoms with van der Waals surface area (Å²) < 4.78 is 5.53. The van der Waals surface area contributed by atoms with Crippen LogP contribution in [0.3, 0.4) is 0 Å². The minimum Gasteiger partial charge on any atom is -0.371 e. The van der Waals surface area contributed by atoms with E-state index >= 15 is 0 Å². The third-order valence-corrected chi connectivity index (χ3v) is 3.83. The maximum Gasteiger partial charge on any atom is 0.162 e. The third kappa shape index (κ3) is 3.06. The summed E-state index contributed by atoms with van der Waals surface area (Å²) >= 11 is 0. The first-order chi connectivity index (χ1) is 9.08. The summed E-state index contributed by atoms with van der Waals surface area (Å²) in [6.07, 6.45) is 5.89. The molecular formula is C15H25N3O. The molecule has 0 bridgehead atoms. The zero-order chi connectivity index (χ0) is 13.9. The standard InChI is InChI=1S/C15H25N3O/c1-5-16-13-11-9-7-6-8-10-12(11)17-14(18-13)15(2,3)19-4/h5-10H2,1-4H3,(H,16,17,18). The average molecular weight is 263 g/mol. The summed E-state index contributed by atoms with van der Waals surface area (Å²) in [5.41, 5.74) is 2.09. The summed E-state index contributed by atoms with van der Waals surface area (Å²) in [5, 5.41) is 3.39. The first-order valence-corrected chi connectivity index (χ1v) is 7.27. The van der Waals surface area contributed by atoms with Crippen molar-refractivity contribution in [1.29, 1.82) is 0 Å². The number of ether oxygens (including phenoxy) is 1. The fourth-order valence-corrected chi connectivity index (χ4v) is 2.45. The first-order valence-electron chi connectivity index (χ1n) is 7.27. The van der Waals surface area contributed by atoms with E-state index in [1.807, 2.05) is 13.8 Å². The highest BCUT2D eigenvalue weighted by Gasteiger charge is 2.26. The molecule has 1 aromatic heterocycles. The number of rotatable bonds is 4. The Bertz CT molecular complexity index is 443. The van der Waals surface area contributed by atoms with E-state index in [0.717, 1.165) is 31.0 Å². The number of aryl methyl sites for hydroxylation is 1. The van der Waals surface area contributed by atoms with Crippen LogP contribution < -0.4 is 5.32 Å². The van der Waals surface area contributed by atoms with Gasteiger partial charge in [-0.05, 0) is 46.5 Å². The number of aromatic nitrogens is 2. The van der Waals surface area contributed by atoms with Gasteiger partial charge in [0.05, 0.1) is 0 Å². The number of methoxy groups -OCH3 is 1. The maximum absolute atomic E-state index is 5.53. The monoisotopic (exact) mass is 263 g/mol. The molecule has 0 saturated carbocycles. The van der Waals surface area contributed by atoms with E-state index in [9.17, 15) is 0 Å². The van der Waals surface area contributed by atoms with Crippen LogP contribution in [-0.2, 0) is 23.2 Å². The molecular weight excluding hydrogens is 238 g/mol. The number of anilines is 1. The van der Waals surface area contributed by atoms with E-state index in [0.29, 0.717) is 0 Å². The lowest BCUT2D eigenvalue weighted by Gasteiger charge is -2.24. The van der Waals surface area contributed by atoms with Crippen molar-refractivity contribution in [2.24, 2.45) is 0 Å². The molecule has 0 amide bonds. The molecule has 19 heavy (non-hydrogen) atoms. The van der Waals surface area contributed by atoms with Crippen molar-refractivity contribution in [1.82, 2.24) is 9.97 Å². The highest BCUT2D eigenvalue weighted by Crippen LogP contribution is 2.29. The highest BCUT2D eigenvalue weighted by molar-refractivity contribution is 5.47. The van der Waals surface area contributed by atoms with E-state index in [1.165, 1.54) is 30.5 Å². The van der Waals surface area contributed by atoms with Crippen molar-refractivity contribution in [3.8, 4) is 0 Å². The van der Waals surface area contributed by atoms with Gasteiger partial charge < -0.3 is 10.1 Å². The minimum absolute atomic E-state index is 0.439. The van der Waals surface area contributed by atoms with Gasteiger partial charge in [-0.2, -0.15) is 0 Å². The lowest BCUT2D eigenvalue weighted by Crippen LogP contribution is -2.25. The van der Waals surface area contributed by atoms with Gasteiger partial charge in [0.2, 0.25) is 0 Å². The number of fused-ring (bicyclic) bond motifs is 1. The summed E-state index contributed by atoms with van der Waals surface area (Å²) in [7, 11) is 1.71. The molecule has 1 aromatic rings. The van der Waals surface area contributed by atoms with Crippen molar-refractivity contribution in [3.63, 3.8) is 0 Å². The van der Waals surface area contributed by atoms with E-state index in [1.54, 1.807) is 7.11 Å². The van der Waals surface area contributed by atoms with Gasteiger partial charge in [-0.1, -0.05) is 6.42 Å². The lowest BCUT2D eigenvalue weighted by atomic mass is 10.1. The summed E-state index contributed by atoms with van der Waals surface area (Å²) in [4.78, 5) is 9.50. The zero-order valence-corrected chi connectivity index (χ0v) is 12.5. The second-order valence-electron chi connectivity index (χ2n) is 5.63. The molecule has 0 aromatic carbocycles. The van der Waals surface area contributed by atoms with Gasteiger partial charge in [0, 0.05) is 24.9 Å². The Morgan fingerprint density at radius 2 is 1.89 bits per heavy atom. The molecule has 0 saturated heterocycles. The molecule has 1 heterocycles. The highest BCUT2D eigenvalue weighted by atomic mass is 16.5. The van der Waals surface area contributed by atoms with Crippen LogP contribution in [0.15, 0.2) is 0 Å². The number of nitrogens with zero attached hydrogens (tertiary/aromatic N) is 2. The summed E-state index contributed by atoms with van der Waals surface area (Å²) in [6.45, 7) is 7.02. The van der Waals surface area contributed by atoms with Gasteiger partial charge >= 0.3 is 0 Å². The van der Waals surface area contributed by atoms with Crippen LogP contribution in [0.25, 0.3) is 0 Å². The Kier molecular flexibility index (Phi) is 4.40. The molecule has 0 fully saturated rings. The van der Waals surface area contributed by atoms with Crippen LogP contribution in [0.1, 0.15) is 57.1 Å². The Labute approximate surface area is 116 Å². The van der Waals surface area contributed by atoms with Crippen LogP contribution in [-0.4, -0.2) is 23.6 Å². The average Bonchev–Trinajstić information content (AvgIpc) is 2.64. The smallest absolute Gasteiger partial charge is 0.162 e. The third-order valence-electron chi connectivity index (χ3n) is 3.83. The molecule has 1 N–H and O–H groups in total. The molecule has 1 aliphatic rings. The largest absolute Gasteiger partial charge is 0.371 e. The van der Waals surface area contributed by atoms with Crippen LogP contribution in [0.4, 0.5) is 5.82 Å². The molecule has 1 aliphatic carbocycles. The van der Waals surface area contributed by atoms with E-state index < -0.39 is 5.60 Å². The zero-order valence-electron chi connectivity index (χ0n) is 12.5. The van der Waals surface area contributed by atoms with Crippen molar-refractivity contribution < 1.29 is 4.74 Å². The summed E-state index contributed by atoms with van der Waals surface area (Å²) in [6, 6.07) is 0. The molecule has 0 spiro atoms. The quantitative estimate of drug-likeness (QED) is 0.848. The van der Waals surface area contributed by atoms with Crippen molar-refractivity contribution >= 4 is 5.82 Å². The van der Waals surface area contributed by atoms with Gasteiger partial charge in [0.25, 0.3) is 0 Å². The van der Waals surface area contributed by atoms with E-state index in [4.69, 9.17) is 14.7 Å². The number of nitrogens with one attached hydrogen (secondary N) is 1. The second kappa shape index (κ2) is 5.87. The van der Waals surface area contributed by atoms with E-state index in [-0.39, 0.29) is 0 Å². The fourth-order valence-electron chi connectivity index (χ4n) is 2.45. The Morgan fingerprint density at radius 1 is 1.16 bits per heavy atom. The van der Waals surface area contributed by atoms with Crippen LogP contribution in [0.5, 0.6) is 0 Å². The van der Waals surface area contributed by atoms with E-state index in [2.05, 4.69) is 12.2 Å². The van der Waals surface area contributed by atoms with Crippen LogP contribution in [0.2, 0.25) is 0 Å². The molecule has 0 radical (unpaired) electrons. The number of hydrogen-bond donors (Lipinski definition) is 1. The Balaban J connectivity index is 2.48. The van der Waals surface area contributed by atoms with Crippen molar-refractivity contribution in [2.45, 2.75) is 58.5 Å². The van der Waals surface area contributed by atoms with Crippen molar-refractivity contribution in [2.75, 3.05) is 19.0 Å². The second-order valence-corrected chi connectivity index (χ2v) is 5.63. The Morgan fingerprint density at radius 3 is 2.58 bits per heavy atom. The molecule has 0 unspecified atom stereocenters. The predicted molar refractivity (Wildman–Crippen MR) is 77.5 cm³/mol. The summed E-state index contributed by atoms with van der Waals surface area (Å²) in [5.74, 6) is 1.79. The topological polar surface area (TPSA) is 47.0 Å². The lowest BCUT2D eigenvalue weighted by molar-refractivity contribution is 0.0114. The minimum atomic E-state index is -0.439. The van der Waals surface area contributed by atoms with Gasteiger partial charge in [0.1, 0.15) is 11.4 Å². The molecule has 2 rings (SSSR count). The fraction of sp³-hybridized carbons (Fsp3) is 0.733. The van der Waals surface area contributed by atoms with Crippen molar-refractivity contribution in [3.05, 3.63) is 17.1 Å². The van der Waals surface area contributed by atoms with Gasteiger partial charge in [-0.3, -0.25) is 0 Å². The van der Waals surface area contributed by atoms with Gasteiger partial charge in [0.15, 0.2) is 5.82 Å². The number of hydrogen-bond acceptors (Lipinski definition) is 4. The normalized spacial score (nSPS) is 15.8. The van der Waals surface area contributed by atoms with Gasteiger partial charge in [-0.15, -0.1) is 0 Å². The van der Waals surface area contributed by atoms with Gasteiger partial charge in [-0.25, -0.2) is 9.97 Å². The molecule has 4 nitrogen and oxygen atoms in total. The molecule has 106 valence electrons. The SMILES string of the molecule is CCNc1nc(C(C)(C)OC)nc2c1CCCCC2. The van der Waals surface area contributed by atoms with Crippen LogP contribution >= 0.6 is 0 Å². The molecule has 4 heteroatoms. The van der Waals surface area contributed by atoms with Crippen LogP contribution in [0, 0.1) is 0 Å². The maximum atomic E-state index is 5.53. The first kappa shape index (κ1) is 14.3. The molecule has 0 aliphatic heterocycles. The Hall–Kier alpha value is -1.16. The molecule has 0 atom stereocenters. The predicted octanol–water partition coefficient (Wildman–Crippen LogP) is 3.06.